The first-order valence-corrected chi connectivity index (χ1v) is 10.6. The monoisotopic (exact) mass is 411 g/mol. The molecule has 4 aromatic rings. The lowest BCUT2D eigenvalue weighted by Crippen LogP contribution is -2.44. The molecule has 0 saturated carbocycles. The molecular formula is C25H25N5O. The van der Waals surface area contributed by atoms with E-state index < -0.39 is 0 Å². The van der Waals surface area contributed by atoms with Crippen LogP contribution in [0.4, 0.5) is 5.69 Å². The number of benzene rings is 3. The van der Waals surface area contributed by atoms with Crippen molar-refractivity contribution in [2.45, 2.75) is 13.0 Å². The number of morpholine rings is 1. The summed E-state index contributed by atoms with van der Waals surface area (Å²) in [7, 11) is 0. The summed E-state index contributed by atoms with van der Waals surface area (Å²) in [5, 5.41) is 8.93. The second kappa shape index (κ2) is 8.79. The van der Waals surface area contributed by atoms with Gasteiger partial charge in [0.25, 0.3) is 0 Å². The molecule has 31 heavy (non-hydrogen) atoms. The average molecular weight is 412 g/mol. The summed E-state index contributed by atoms with van der Waals surface area (Å²) in [4.78, 5) is 7.56. The zero-order valence-electron chi connectivity index (χ0n) is 17.6. The number of aromatic nitrogens is 3. The van der Waals surface area contributed by atoms with Crippen molar-refractivity contribution in [2.24, 2.45) is 4.99 Å². The third-order valence-electron chi connectivity index (χ3n) is 5.62. The van der Waals surface area contributed by atoms with Crippen LogP contribution in [0.15, 0.2) is 83.9 Å². The summed E-state index contributed by atoms with van der Waals surface area (Å²) in [6.07, 6.45) is 0. The Morgan fingerprint density at radius 3 is 2.39 bits per heavy atom. The highest BCUT2D eigenvalue weighted by atomic mass is 16.5. The topological polar surface area (TPSA) is 55.5 Å². The quantitative estimate of drug-likeness (QED) is 0.369. The van der Waals surface area contributed by atoms with E-state index in [4.69, 9.17) is 9.73 Å². The molecule has 0 spiro atoms. The van der Waals surface area contributed by atoms with Crippen molar-refractivity contribution in [3.63, 3.8) is 0 Å². The minimum atomic E-state index is -0.0727. The lowest BCUT2D eigenvalue weighted by molar-refractivity contribution is 0.0281. The van der Waals surface area contributed by atoms with E-state index in [1.54, 1.807) is 0 Å². The Morgan fingerprint density at radius 2 is 1.61 bits per heavy atom. The molecular weight excluding hydrogens is 386 g/mol. The number of rotatable bonds is 4. The normalized spacial score (nSPS) is 16.5. The first-order valence-electron chi connectivity index (χ1n) is 10.6. The van der Waals surface area contributed by atoms with E-state index in [-0.39, 0.29) is 6.04 Å². The van der Waals surface area contributed by atoms with Gasteiger partial charge in [-0.3, -0.25) is 4.90 Å². The fourth-order valence-corrected chi connectivity index (χ4v) is 4.01. The number of para-hydroxylation sites is 1. The van der Waals surface area contributed by atoms with Crippen molar-refractivity contribution in [3.05, 3.63) is 90.0 Å². The van der Waals surface area contributed by atoms with Crippen LogP contribution in [0.1, 0.15) is 17.2 Å². The summed E-state index contributed by atoms with van der Waals surface area (Å²) in [6.45, 7) is 5.16. The Kier molecular flexibility index (Phi) is 5.56. The van der Waals surface area contributed by atoms with Gasteiger partial charge in [-0.15, -0.1) is 5.10 Å². The van der Waals surface area contributed by atoms with Gasteiger partial charge in [-0.1, -0.05) is 65.4 Å². The number of nitrogens with zero attached hydrogens (tertiary/aromatic N) is 5. The van der Waals surface area contributed by atoms with Crippen LogP contribution in [0.25, 0.3) is 11.0 Å². The molecule has 1 saturated heterocycles. The molecule has 0 N–H and O–H groups in total. The van der Waals surface area contributed by atoms with Crippen LogP contribution in [-0.2, 0) is 4.74 Å². The molecule has 156 valence electrons. The van der Waals surface area contributed by atoms with Crippen molar-refractivity contribution in [3.8, 4) is 0 Å². The third-order valence-corrected chi connectivity index (χ3v) is 5.62. The fraction of sp³-hybridized carbons (Fsp3) is 0.240. The Morgan fingerprint density at radius 1 is 0.903 bits per heavy atom. The maximum Gasteiger partial charge on any atom is 0.154 e. The molecule has 0 radical (unpaired) electrons. The van der Waals surface area contributed by atoms with Crippen molar-refractivity contribution in [1.29, 1.82) is 0 Å². The summed E-state index contributed by atoms with van der Waals surface area (Å²) in [6, 6.07) is 26.7. The van der Waals surface area contributed by atoms with Gasteiger partial charge in [0.2, 0.25) is 0 Å². The molecule has 0 aliphatic carbocycles. The lowest BCUT2D eigenvalue weighted by Gasteiger charge is -2.35. The number of ether oxygens (including phenoxy) is 1. The van der Waals surface area contributed by atoms with Crippen LogP contribution in [0, 0.1) is 6.92 Å². The molecule has 2 heterocycles. The van der Waals surface area contributed by atoms with Crippen molar-refractivity contribution < 1.29 is 4.74 Å². The number of hydrogen-bond acceptors (Lipinski definition) is 5. The van der Waals surface area contributed by atoms with E-state index in [1.165, 1.54) is 11.1 Å². The largest absolute Gasteiger partial charge is 0.379 e. The van der Waals surface area contributed by atoms with Crippen molar-refractivity contribution in [1.82, 2.24) is 19.9 Å². The number of hydrogen-bond donors (Lipinski definition) is 0. The third kappa shape index (κ3) is 4.13. The first kappa shape index (κ1) is 19.6. The number of aryl methyl sites for hydroxylation is 1. The van der Waals surface area contributed by atoms with E-state index in [9.17, 15) is 0 Å². The van der Waals surface area contributed by atoms with Gasteiger partial charge in [-0.2, -0.15) is 4.68 Å². The Balaban J connectivity index is 1.71. The highest BCUT2D eigenvalue weighted by Gasteiger charge is 2.30. The van der Waals surface area contributed by atoms with Gasteiger partial charge in [-0.05, 0) is 36.8 Å². The summed E-state index contributed by atoms with van der Waals surface area (Å²) < 4.78 is 7.53. The van der Waals surface area contributed by atoms with Gasteiger partial charge in [0.05, 0.1) is 30.5 Å². The van der Waals surface area contributed by atoms with Gasteiger partial charge >= 0.3 is 0 Å². The molecule has 1 aliphatic heterocycles. The van der Waals surface area contributed by atoms with Crippen LogP contribution in [0.2, 0.25) is 0 Å². The summed E-state index contributed by atoms with van der Waals surface area (Å²) >= 11 is 0. The first-order chi connectivity index (χ1) is 15.3. The molecule has 3 aromatic carbocycles. The molecule has 1 atom stereocenters. The maximum absolute atomic E-state index is 5.64. The molecule has 6 nitrogen and oxygen atoms in total. The lowest BCUT2D eigenvalue weighted by atomic mass is 10.0. The molecule has 1 aliphatic rings. The fourth-order valence-electron chi connectivity index (χ4n) is 4.01. The Hall–Kier alpha value is -3.35. The Labute approximate surface area is 181 Å². The average Bonchev–Trinajstić information content (AvgIpc) is 3.25. The van der Waals surface area contributed by atoms with Gasteiger partial charge in [-0.25, -0.2) is 4.99 Å². The zero-order valence-corrected chi connectivity index (χ0v) is 17.6. The van der Waals surface area contributed by atoms with Gasteiger partial charge in [0.1, 0.15) is 5.52 Å². The second-order valence-electron chi connectivity index (χ2n) is 7.76. The zero-order chi connectivity index (χ0) is 21.0. The molecule has 1 fully saturated rings. The molecule has 6 heteroatoms. The smallest absolute Gasteiger partial charge is 0.154 e. The van der Waals surface area contributed by atoms with Crippen LogP contribution in [-0.4, -0.2) is 52.0 Å². The standard InChI is InChI=1S/C25H25N5O/c1-19-11-13-21(14-12-19)26-25(30-23-10-6-5-9-22(23)27-28-30)24(20-7-3-2-4-8-20)29-15-17-31-18-16-29/h2-14,24H,15-18H2,1H3/t24-/m0/s1. The highest BCUT2D eigenvalue weighted by Crippen LogP contribution is 2.28. The van der Waals surface area contributed by atoms with Crippen molar-refractivity contribution >= 4 is 22.6 Å². The van der Waals surface area contributed by atoms with Crippen LogP contribution < -0.4 is 0 Å². The minimum Gasteiger partial charge on any atom is -0.379 e. The van der Waals surface area contributed by atoms with Crippen LogP contribution in [0.3, 0.4) is 0 Å². The summed E-state index contributed by atoms with van der Waals surface area (Å²) in [5.41, 5.74) is 5.08. The SMILES string of the molecule is Cc1ccc(N=C([C@H](c2ccccc2)N2CCOCC2)n2nnc3ccccc32)cc1. The molecule has 0 amide bonds. The minimum absolute atomic E-state index is 0.0727. The predicted octanol–water partition coefficient (Wildman–Crippen LogP) is 4.39. The van der Waals surface area contributed by atoms with Crippen LogP contribution in [0.5, 0.6) is 0 Å². The van der Waals surface area contributed by atoms with Crippen molar-refractivity contribution in [2.75, 3.05) is 26.3 Å². The van der Waals surface area contributed by atoms with Gasteiger partial charge < -0.3 is 4.74 Å². The van der Waals surface area contributed by atoms with Crippen LogP contribution >= 0.6 is 0 Å². The molecule has 0 unspecified atom stereocenters. The maximum atomic E-state index is 5.64. The highest BCUT2D eigenvalue weighted by molar-refractivity contribution is 5.97. The van der Waals surface area contributed by atoms with E-state index in [2.05, 4.69) is 70.7 Å². The predicted molar refractivity (Wildman–Crippen MR) is 123 cm³/mol. The van der Waals surface area contributed by atoms with E-state index in [1.807, 2.05) is 35.0 Å². The number of fused-ring (bicyclic) bond motifs is 1. The summed E-state index contributed by atoms with van der Waals surface area (Å²) in [5.74, 6) is 0.839. The number of aliphatic imine (C=N–C) groups is 1. The van der Waals surface area contributed by atoms with Gasteiger partial charge in [0, 0.05) is 13.1 Å². The van der Waals surface area contributed by atoms with E-state index >= 15 is 0 Å². The van der Waals surface area contributed by atoms with Gasteiger partial charge in [0.15, 0.2) is 5.84 Å². The van der Waals surface area contributed by atoms with E-state index in [0.717, 1.165) is 35.6 Å². The Bertz CT molecular complexity index is 1180. The second-order valence-corrected chi connectivity index (χ2v) is 7.76. The molecule has 1 aromatic heterocycles. The van der Waals surface area contributed by atoms with E-state index in [0.29, 0.717) is 13.2 Å². The molecule has 5 rings (SSSR count). The molecule has 0 bridgehead atoms.